The molecule has 1 saturated heterocycles. The Balaban J connectivity index is 2.01. The number of hydrogen-bond acceptors (Lipinski definition) is 4. The molecule has 2 atom stereocenters. The van der Waals surface area contributed by atoms with E-state index < -0.39 is 12.1 Å². The van der Waals surface area contributed by atoms with Crippen molar-refractivity contribution in [1.29, 1.82) is 0 Å². The van der Waals surface area contributed by atoms with E-state index in [0.717, 1.165) is 13.1 Å². The molecule has 6 nitrogen and oxygen atoms in total. The van der Waals surface area contributed by atoms with Crippen LogP contribution in [0.2, 0.25) is 0 Å². The minimum atomic E-state index is -0.999. The number of carboxylic acid groups (broad SMARTS) is 1. The van der Waals surface area contributed by atoms with Gasteiger partial charge >= 0.3 is 5.97 Å². The second kappa shape index (κ2) is 8.80. The summed E-state index contributed by atoms with van der Waals surface area (Å²) in [7, 11) is 0. The first kappa shape index (κ1) is 18.4. The largest absolute Gasteiger partial charge is 0.480 e. The van der Waals surface area contributed by atoms with Crippen LogP contribution in [0.4, 0.5) is 0 Å². The fourth-order valence-corrected chi connectivity index (χ4v) is 2.84. The van der Waals surface area contributed by atoms with Gasteiger partial charge in [0.1, 0.15) is 12.6 Å². The first-order chi connectivity index (χ1) is 11.5. The molecule has 1 fully saturated rings. The molecule has 0 saturated carbocycles. The molecule has 0 radical (unpaired) electrons. The lowest BCUT2D eigenvalue weighted by Crippen LogP contribution is -2.53. The van der Waals surface area contributed by atoms with E-state index in [1.165, 1.54) is 10.5 Å². The van der Waals surface area contributed by atoms with E-state index in [0.29, 0.717) is 19.6 Å². The highest BCUT2D eigenvalue weighted by molar-refractivity contribution is 5.85. The summed E-state index contributed by atoms with van der Waals surface area (Å²) < 4.78 is 5.64. The highest BCUT2D eigenvalue weighted by atomic mass is 16.5. The summed E-state index contributed by atoms with van der Waals surface area (Å²) in [4.78, 5) is 27.4. The molecule has 6 heteroatoms. The predicted molar refractivity (Wildman–Crippen MR) is 90.6 cm³/mol. The van der Waals surface area contributed by atoms with E-state index in [9.17, 15) is 9.59 Å². The maximum Gasteiger partial charge on any atom is 0.323 e. The number of aliphatic carboxylic acids is 1. The summed E-state index contributed by atoms with van der Waals surface area (Å²) in [6.45, 7) is 6.01. The Kier molecular flexibility index (Phi) is 6.75. The maximum absolute atomic E-state index is 12.7. The van der Waals surface area contributed by atoms with Crippen molar-refractivity contribution >= 4 is 11.9 Å². The number of carbonyl (C=O) groups excluding carboxylic acids is 1. The lowest BCUT2D eigenvalue weighted by molar-refractivity contribution is -0.157. The number of rotatable bonds is 7. The highest BCUT2D eigenvalue weighted by Gasteiger charge is 2.32. The SMILES string of the molecule is CC[C@H](C)N(CC(=O)O)C(=O)[C@@H]1CN(Cc2ccccc2)CCO1. The molecule has 1 N–H and O–H groups in total. The molecule has 24 heavy (non-hydrogen) atoms. The van der Waals surface area contributed by atoms with Crippen molar-refractivity contribution in [2.45, 2.75) is 39.0 Å². The zero-order valence-electron chi connectivity index (χ0n) is 14.4. The van der Waals surface area contributed by atoms with E-state index in [4.69, 9.17) is 9.84 Å². The zero-order valence-corrected chi connectivity index (χ0v) is 14.4. The van der Waals surface area contributed by atoms with Gasteiger partial charge in [-0.25, -0.2) is 0 Å². The smallest absolute Gasteiger partial charge is 0.323 e. The van der Waals surface area contributed by atoms with Crippen molar-refractivity contribution in [2.24, 2.45) is 0 Å². The van der Waals surface area contributed by atoms with Gasteiger partial charge in [0.15, 0.2) is 0 Å². The third kappa shape index (κ3) is 5.04. The third-order valence-electron chi connectivity index (χ3n) is 4.39. The van der Waals surface area contributed by atoms with E-state index >= 15 is 0 Å². The lowest BCUT2D eigenvalue weighted by Gasteiger charge is -2.36. The van der Waals surface area contributed by atoms with Gasteiger partial charge in [0.25, 0.3) is 5.91 Å². The Morgan fingerprint density at radius 3 is 2.71 bits per heavy atom. The van der Waals surface area contributed by atoms with Gasteiger partial charge in [-0.15, -0.1) is 0 Å². The van der Waals surface area contributed by atoms with Crippen LogP contribution in [-0.4, -0.2) is 65.2 Å². The predicted octanol–water partition coefficient (Wildman–Crippen LogP) is 1.60. The van der Waals surface area contributed by atoms with Crippen LogP contribution >= 0.6 is 0 Å². The average molecular weight is 334 g/mol. The number of carboxylic acids is 1. The molecular formula is C18H26N2O4. The minimum Gasteiger partial charge on any atom is -0.480 e. The van der Waals surface area contributed by atoms with Crippen LogP contribution < -0.4 is 0 Å². The molecule has 1 aliphatic heterocycles. The first-order valence-electron chi connectivity index (χ1n) is 8.41. The molecule has 0 aromatic heterocycles. The van der Waals surface area contributed by atoms with Gasteiger partial charge in [0, 0.05) is 25.7 Å². The van der Waals surface area contributed by atoms with Crippen molar-refractivity contribution in [3.05, 3.63) is 35.9 Å². The maximum atomic E-state index is 12.7. The van der Waals surface area contributed by atoms with Crippen LogP contribution in [0.5, 0.6) is 0 Å². The minimum absolute atomic E-state index is 0.123. The Morgan fingerprint density at radius 1 is 1.38 bits per heavy atom. The van der Waals surface area contributed by atoms with Gasteiger partial charge in [0.05, 0.1) is 6.61 Å². The second-order valence-corrected chi connectivity index (χ2v) is 6.20. The summed E-state index contributed by atoms with van der Waals surface area (Å²) in [6, 6.07) is 9.96. The third-order valence-corrected chi connectivity index (χ3v) is 4.39. The summed E-state index contributed by atoms with van der Waals surface area (Å²) in [5, 5.41) is 9.08. The molecule has 0 unspecified atom stereocenters. The van der Waals surface area contributed by atoms with E-state index in [1.807, 2.05) is 32.0 Å². The average Bonchev–Trinajstić information content (AvgIpc) is 2.59. The quantitative estimate of drug-likeness (QED) is 0.820. The molecule has 1 aromatic rings. The van der Waals surface area contributed by atoms with Crippen LogP contribution in [0.15, 0.2) is 30.3 Å². The normalized spacial score (nSPS) is 19.7. The fourth-order valence-electron chi connectivity index (χ4n) is 2.84. The van der Waals surface area contributed by atoms with Gasteiger partial charge < -0.3 is 14.7 Å². The summed E-state index contributed by atoms with van der Waals surface area (Å²) in [5.41, 5.74) is 1.19. The topological polar surface area (TPSA) is 70.1 Å². The molecule has 0 bridgehead atoms. The van der Waals surface area contributed by atoms with Crippen LogP contribution in [0.25, 0.3) is 0 Å². The van der Waals surface area contributed by atoms with E-state index in [2.05, 4.69) is 17.0 Å². The van der Waals surface area contributed by atoms with Crippen molar-refractivity contribution in [1.82, 2.24) is 9.80 Å². The van der Waals surface area contributed by atoms with Gasteiger partial charge in [-0.05, 0) is 18.9 Å². The Morgan fingerprint density at radius 2 is 2.08 bits per heavy atom. The number of carbonyl (C=O) groups is 2. The van der Waals surface area contributed by atoms with Gasteiger partial charge in [-0.2, -0.15) is 0 Å². The van der Waals surface area contributed by atoms with Gasteiger partial charge in [-0.3, -0.25) is 14.5 Å². The van der Waals surface area contributed by atoms with Crippen LogP contribution in [0, 0.1) is 0 Å². The van der Waals surface area contributed by atoms with E-state index in [1.54, 1.807) is 0 Å². The monoisotopic (exact) mass is 334 g/mol. The second-order valence-electron chi connectivity index (χ2n) is 6.20. The molecule has 1 aliphatic rings. The lowest BCUT2D eigenvalue weighted by atomic mass is 10.1. The number of ether oxygens (including phenoxy) is 1. The highest BCUT2D eigenvalue weighted by Crippen LogP contribution is 2.14. The fraction of sp³-hybridized carbons (Fsp3) is 0.556. The molecule has 132 valence electrons. The Hall–Kier alpha value is -1.92. The number of morpholine rings is 1. The summed E-state index contributed by atoms with van der Waals surface area (Å²) >= 11 is 0. The summed E-state index contributed by atoms with van der Waals surface area (Å²) in [6.07, 6.45) is 0.107. The molecule has 1 aromatic carbocycles. The van der Waals surface area contributed by atoms with Crippen molar-refractivity contribution in [3.63, 3.8) is 0 Å². The molecule has 1 amide bonds. The number of hydrogen-bond donors (Lipinski definition) is 1. The first-order valence-corrected chi connectivity index (χ1v) is 8.41. The van der Waals surface area contributed by atoms with Crippen molar-refractivity contribution in [3.8, 4) is 0 Å². The number of nitrogens with zero attached hydrogens (tertiary/aromatic N) is 2. The number of amides is 1. The molecular weight excluding hydrogens is 308 g/mol. The molecule has 1 heterocycles. The Labute approximate surface area is 143 Å². The van der Waals surface area contributed by atoms with E-state index in [-0.39, 0.29) is 18.5 Å². The molecule has 2 rings (SSSR count). The molecule has 0 aliphatic carbocycles. The van der Waals surface area contributed by atoms with Crippen molar-refractivity contribution < 1.29 is 19.4 Å². The molecule has 0 spiro atoms. The van der Waals surface area contributed by atoms with Gasteiger partial charge in [0.2, 0.25) is 0 Å². The summed E-state index contributed by atoms with van der Waals surface area (Å²) in [5.74, 6) is -1.23. The van der Waals surface area contributed by atoms with Crippen LogP contribution in [0.3, 0.4) is 0 Å². The van der Waals surface area contributed by atoms with Gasteiger partial charge in [-0.1, -0.05) is 37.3 Å². The van der Waals surface area contributed by atoms with Crippen LogP contribution in [-0.2, 0) is 20.9 Å². The number of benzene rings is 1. The van der Waals surface area contributed by atoms with Crippen LogP contribution in [0.1, 0.15) is 25.8 Å². The van der Waals surface area contributed by atoms with Crippen molar-refractivity contribution in [2.75, 3.05) is 26.2 Å². The standard InChI is InChI=1S/C18H26N2O4/c1-3-14(2)20(13-17(21)22)18(23)16-12-19(9-10-24-16)11-15-7-5-4-6-8-15/h4-8,14,16H,3,9-13H2,1-2H3,(H,21,22)/t14-,16-/m0/s1. The Bertz CT molecular complexity index is 549. The zero-order chi connectivity index (χ0) is 17.5.